The lowest BCUT2D eigenvalue weighted by molar-refractivity contribution is 0.0954. The molecule has 158 valence electrons. The van der Waals surface area contributed by atoms with Crippen molar-refractivity contribution in [1.82, 2.24) is 5.43 Å². The van der Waals surface area contributed by atoms with Gasteiger partial charge in [0.25, 0.3) is 11.8 Å². The molecule has 7 heteroatoms. The van der Waals surface area contributed by atoms with Gasteiger partial charge < -0.3 is 14.8 Å². The summed E-state index contributed by atoms with van der Waals surface area (Å²) in [6.07, 6.45) is 1.51. The summed E-state index contributed by atoms with van der Waals surface area (Å²) < 4.78 is 10.4. The van der Waals surface area contributed by atoms with Crippen LogP contribution in [0.5, 0.6) is 11.5 Å². The number of nitrogens with zero attached hydrogens (tertiary/aromatic N) is 1. The molecule has 0 aliphatic rings. The van der Waals surface area contributed by atoms with E-state index < -0.39 is 0 Å². The maximum Gasteiger partial charge on any atom is 0.271 e. The maximum absolute atomic E-state index is 12.4. The summed E-state index contributed by atoms with van der Waals surface area (Å²) in [5, 5.41) is 6.81. The van der Waals surface area contributed by atoms with Crippen molar-refractivity contribution in [2.24, 2.45) is 5.10 Å². The van der Waals surface area contributed by atoms with Crippen LogP contribution in [0.3, 0.4) is 0 Å². The van der Waals surface area contributed by atoms with Crippen molar-refractivity contribution < 1.29 is 19.1 Å². The van der Waals surface area contributed by atoms with E-state index in [-0.39, 0.29) is 11.8 Å². The summed E-state index contributed by atoms with van der Waals surface area (Å²) in [6, 6.07) is 19.2. The van der Waals surface area contributed by atoms with Gasteiger partial charge in [-0.2, -0.15) is 5.10 Å². The normalized spacial score (nSPS) is 10.5. The first-order valence-electron chi connectivity index (χ1n) is 9.54. The van der Waals surface area contributed by atoms with Gasteiger partial charge in [-0.15, -0.1) is 0 Å². The number of methoxy groups -OCH3 is 2. The third-order valence-corrected chi connectivity index (χ3v) is 4.58. The number of nitrogens with one attached hydrogen (secondary N) is 2. The van der Waals surface area contributed by atoms with Crippen molar-refractivity contribution in [2.75, 3.05) is 19.5 Å². The van der Waals surface area contributed by atoms with E-state index in [2.05, 4.69) is 15.8 Å². The van der Waals surface area contributed by atoms with Crippen LogP contribution in [0.4, 0.5) is 5.69 Å². The van der Waals surface area contributed by atoms with E-state index in [1.807, 2.05) is 25.1 Å². The molecule has 31 heavy (non-hydrogen) atoms. The van der Waals surface area contributed by atoms with E-state index >= 15 is 0 Å². The average molecular weight is 417 g/mol. The fourth-order valence-electron chi connectivity index (χ4n) is 2.89. The van der Waals surface area contributed by atoms with Crippen molar-refractivity contribution >= 4 is 23.7 Å². The van der Waals surface area contributed by atoms with Gasteiger partial charge >= 0.3 is 0 Å². The number of benzene rings is 3. The topological polar surface area (TPSA) is 89.0 Å². The quantitative estimate of drug-likeness (QED) is 0.449. The molecule has 0 heterocycles. The third-order valence-electron chi connectivity index (χ3n) is 4.58. The molecule has 0 aliphatic carbocycles. The van der Waals surface area contributed by atoms with E-state index in [1.165, 1.54) is 6.21 Å². The third kappa shape index (κ3) is 5.48. The second kappa shape index (κ2) is 10.1. The molecule has 2 amide bonds. The van der Waals surface area contributed by atoms with Crippen LogP contribution in [-0.4, -0.2) is 32.2 Å². The van der Waals surface area contributed by atoms with Crippen molar-refractivity contribution in [3.8, 4) is 11.5 Å². The van der Waals surface area contributed by atoms with E-state index in [1.54, 1.807) is 62.8 Å². The lowest BCUT2D eigenvalue weighted by Crippen LogP contribution is -2.18. The summed E-state index contributed by atoms with van der Waals surface area (Å²) >= 11 is 0. The zero-order chi connectivity index (χ0) is 22.2. The van der Waals surface area contributed by atoms with E-state index in [4.69, 9.17) is 9.47 Å². The van der Waals surface area contributed by atoms with Gasteiger partial charge in [0.1, 0.15) is 0 Å². The number of hydrogen-bond acceptors (Lipinski definition) is 5. The molecule has 0 atom stereocenters. The summed E-state index contributed by atoms with van der Waals surface area (Å²) in [5.74, 6) is 0.614. The van der Waals surface area contributed by atoms with Crippen LogP contribution in [0.1, 0.15) is 31.8 Å². The Morgan fingerprint density at radius 3 is 2.26 bits per heavy atom. The number of hydrogen-bond donors (Lipinski definition) is 2. The van der Waals surface area contributed by atoms with E-state index in [0.717, 1.165) is 11.1 Å². The van der Waals surface area contributed by atoms with Crippen LogP contribution in [0.15, 0.2) is 71.8 Å². The molecule has 0 spiro atoms. The van der Waals surface area contributed by atoms with Gasteiger partial charge in [-0.25, -0.2) is 5.43 Å². The Labute approximate surface area is 180 Å². The number of amides is 2. The zero-order valence-electron chi connectivity index (χ0n) is 17.5. The molecule has 3 aromatic carbocycles. The minimum Gasteiger partial charge on any atom is -0.493 e. The van der Waals surface area contributed by atoms with Crippen LogP contribution in [0, 0.1) is 6.92 Å². The lowest BCUT2D eigenvalue weighted by Gasteiger charge is -2.08. The van der Waals surface area contributed by atoms with Gasteiger partial charge in [-0.05, 0) is 66.6 Å². The van der Waals surface area contributed by atoms with Crippen LogP contribution in [0.2, 0.25) is 0 Å². The molecule has 0 fully saturated rings. The summed E-state index contributed by atoms with van der Waals surface area (Å²) in [5.41, 5.74) is 5.73. The van der Waals surface area contributed by atoms with Gasteiger partial charge in [0.2, 0.25) is 0 Å². The monoisotopic (exact) mass is 417 g/mol. The van der Waals surface area contributed by atoms with Crippen molar-refractivity contribution in [3.05, 3.63) is 89.0 Å². The minimum absolute atomic E-state index is 0.199. The Bertz CT molecular complexity index is 1110. The molecule has 0 aliphatic heterocycles. The van der Waals surface area contributed by atoms with Gasteiger partial charge in [0, 0.05) is 16.8 Å². The Morgan fingerprint density at radius 1 is 0.871 bits per heavy atom. The highest BCUT2D eigenvalue weighted by molar-refractivity contribution is 6.05. The molecular formula is C24H23N3O4. The summed E-state index contributed by atoms with van der Waals surface area (Å²) in [6.45, 7) is 1.88. The van der Waals surface area contributed by atoms with Crippen LogP contribution < -0.4 is 20.2 Å². The Morgan fingerprint density at radius 2 is 1.58 bits per heavy atom. The molecule has 0 saturated carbocycles. The molecule has 0 radical (unpaired) electrons. The molecule has 3 aromatic rings. The molecule has 2 N–H and O–H groups in total. The number of aryl methyl sites for hydroxylation is 1. The first-order valence-corrected chi connectivity index (χ1v) is 9.54. The second-order valence-corrected chi connectivity index (χ2v) is 6.66. The predicted octanol–water partition coefficient (Wildman–Crippen LogP) is 4.03. The van der Waals surface area contributed by atoms with Crippen molar-refractivity contribution in [2.45, 2.75) is 6.92 Å². The largest absolute Gasteiger partial charge is 0.493 e. The van der Waals surface area contributed by atoms with Gasteiger partial charge in [0.15, 0.2) is 11.5 Å². The van der Waals surface area contributed by atoms with E-state index in [9.17, 15) is 9.59 Å². The first-order chi connectivity index (χ1) is 15.0. The lowest BCUT2D eigenvalue weighted by atomic mass is 10.1. The van der Waals surface area contributed by atoms with E-state index in [0.29, 0.717) is 28.3 Å². The number of carbonyl (C=O) groups is 2. The standard InChI is InChI=1S/C24H23N3O4/c1-16-6-4-5-7-20(16)24(29)26-19-11-9-18(10-12-19)23(28)27-25-15-17-8-13-21(30-2)22(14-17)31-3/h4-15H,1-3H3,(H,26,29)(H,27,28)/b25-15-. The fourth-order valence-corrected chi connectivity index (χ4v) is 2.89. The first kappa shape index (κ1) is 21.6. The fraction of sp³-hybridized carbons (Fsp3) is 0.125. The maximum atomic E-state index is 12.4. The number of rotatable bonds is 7. The number of carbonyl (C=O) groups excluding carboxylic acids is 2. The summed E-state index contributed by atoms with van der Waals surface area (Å²) in [4.78, 5) is 24.7. The highest BCUT2D eigenvalue weighted by Crippen LogP contribution is 2.26. The smallest absolute Gasteiger partial charge is 0.271 e. The van der Waals surface area contributed by atoms with Crippen LogP contribution in [-0.2, 0) is 0 Å². The van der Waals surface area contributed by atoms with Gasteiger partial charge in [0.05, 0.1) is 20.4 Å². The highest BCUT2D eigenvalue weighted by atomic mass is 16.5. The molecule has 0 unspecified atom stereocenters. The number of anilines is 1. The second-order valence-electron chi connectivity index (χ2n) is 6.66. The van der Waals surface area contributed by atoms with Crippen molar-refractivity contribution in [3.63, 3.8) is 0 Å². The zero-order valence-corrected chi connectivity index (χ0v) is 17.5. The average Bonchev–Trinajstić information content (AvgIpc) is 2.79. The Balaban J connectivity index is 1.60. The van der Waals surface area contributed by atoms with Crippen LogP contribution >= 0.6 is 0 Å². The Hall–Kier alpha value is -4.13. The highest BCUT2D eigenvalue weighted by Gasteiger charge is 2.10. The van der Waals surface area contributed by atoms with Gasteiger partial charge in [-0.1, -0.05) is 18.2 Å². The molecule has 0 saturated heterocycles. The number of ether oxygens (including phenoxy) is 2. The SMILES string of the molecule is COc1ccc(/C=N\NC(=O)c2ccc(NC(=O)c3ccccc3C)cc2)cc1OC. The van der Waals surface area contributed by atoms with Crippen molar-refractivity contribution in [1.29, 1.82) is 0 Å². The number of hydrazone groups is 1. The molecule has 0 aromatic heterocycles. The molecule has 3 rings (SSSR count). The minimum atomic E-state index is -0.367. The van der Waals surface area contributed by atoms with Gasteiger partial charge in [-0.3, -0.25) is 9.59 Å². The van der Waals surface area contributed by atoms with Crippen LogP contribution in [0.25, 0.3) is 0 Å². The molecule has 0 bridgehead atoms. The molecule has 7 nitrogen and oxygen atoms in total. The molecular weight excluding hydrogens is 394 g/mol. The Kier molecular flexibility index (Phi) is 7.01. The summed E-state index contributed by atoms with van der Waals surface area (Å²) in [7, 11) is 3.11. The predicted molar refractivity (Wildman–Crippen MR) is 120 cm³/mol.